The number of hydrogen-bond acceptors (Lipinski definition) is 7. The minimum Gasteiger partial charge on any atom is -0.496 e. The Morgan fingerprint density at radius 2 is 1.78 bits per heavy atom. The lowest BCUT2D eigenvalue weighted by Crippen LogP contribution is -2.36. The summed E-state index contributed by atoms with van der Waals surface area (Å²) in [5, 5.41) is 3.98. The average Bonchev–Trinajstić information content (AvgIpc) is 3.36. The van der Waals surface area contributed by atoms with Crippen LogP contribution >= 0.6 is 0 Å². The Hall–Kier alpha value is -3.24. The van der Waals surface area contributed by atoms with Gasteiger partial charge in [-0.3, -0.25) is 4.79 Å². The molecule has 0 radical (unpaired) electrons. The fraction of sp³-hybridized carbons (Fsp3) is 0.423. The van der Waals surface area contributed by atoms with Crippen LogP contribution in [0, 0.1) is 0 Å². The summed E-state index contributed by atoms with van der Waals surface area (Å²) in [6, 6.07) is 12.1. The van der Waals surface area contributed by atoms with Crippen LogP contribution in [-0.2, 0) is 22.0 Å². The highest BCUT2D eigenvalue weighted by Gasteiger charge is 2.25. The molecular formula is C26H32N4O5S. The number of amides is 1. The Kier molecular flexibility index (Phi) is 7.46. The predicted molar refractivity (Wildman–Crippen MR) is 135 cm³/mol. The molecule has 36 heavy (non-hydrogen) atoms. The average molecular weight is 513 g/mol. The Morgan fingerprint density at radius 3 is 2.42 bits per heavy atom. The number of piperidine rings is 1. The van der Waals surface area contributed by atoms with Crippen molar-refractivity contribution in [2.75, 3.05) is 20.2 Å². The van der Waals surface area contributed by atoms with E-state index in [1.54, 1.807) is 4.90 Å². The molecule has 1 aliphatic rings. The fourth-order valence-electron chi connectivity index (χ4n) is 4.09. The van der Waals surface area contributed by atoms with Crippen LogP contribution in [0.15, 0.2) is 51.9 Å². The summed E-state index contributed by atoms with van der Waals surface area (Å²) in [5.41, 5.74) is 2.21. The molecule has 9 nitrogen and oxygen atoms in total. The number of benzene rings is 2. The molecule has 1 aromatic heterocycles. The maximum Gasteiger partial charge on any atom is 0.257 e. The molecule has 1 N–H and O–H groups in total. The molecule has 0 bridgehead atoms. The minimum absolute atomic E-state index is 0.0267. The van der Waals surface area contributed by atoms with E-state index >= 15 is 0 Å². The lowest BCUT2D eigenvalue weighted by Gasteiger charge is -2.27. The molecule has 2 heterocycles. The molecule has 192 valence electrons. The van der Waals surface area contributed by atoms with Gasteiger partial charge in [0.1, 0.15) is 5.75 Å². The number of aromatic nitrogens is 2. The second-order valence-electron chi connectivity index (χ2n) is 9.88. The normalized spacial score (nSPS) is 14.6. The third-order valence-corrected chi connectivity index (χ3v) is 7.64. The van der Waals surface area contributed by atoms with Crippen LogP contribution in [0.25, 0.3) is 11.4 Å². The number of sulfonamides is 1. The molecule has 0 spiro atoms. The molecular weight excluding hydrogens is 480 g/mol. The number of likely N-dealkylation sites (tertiary alicyclic amines) is 1. The van der Waals surface area contributed by atoms with Gasteiger partial charge in [0.15, 0.2) is 0 Å². The van der Waals surface area contributed by atoms with Crippen molar-refractivity contribution in [2.24, 2.45) is 0 Å². The zero-order valence-electron chi connectivity index (χ0n) is 21.1. The standard InChI is InChI=1S/C26H32N4O5S/c1-26(2,3)19-10-8-18(9-11-19)24-28-23(35-29-24)17-27-36(32,33)20-12-13-22(34-4)21(16-20)25(31)30-14-6-5-7-15-30/h8-13,16,27H,5-7,14-15,17H2,1-4H3. The highest BCUT2D eigenvalue weighted by atomic mass is 32.2. The van der Waals surface area contributed by atoms with Crippen molar-refractivity contribution in [1.82, 2.24) is 19.8 Å². The van der Waals surface area contributed by atoms with Crippen molar-refractivity contribution < 1.29 is 22.5 Å². The number of rotatable bonds is 7. The van der Waals surface area contributed by atoms with Crippen LogP contribution in [0.2, 0.25) is 0 Å². The first-order chi connectivity index (χ1) is 17.1. The molecule has 4 rings (SSSR count). The molecule has 0 saturated carbocycles. The van der Waals surface area contributed by atoms with E-state index in [4.69, 9.17) is 9.26 Å². The molecule has 1 amide bonds. The van der Waals surface area contributed by atoms with Crippen LogP contribution in [0.4, 0.5) is 0 Å². The monoisotopic (exact) mass is 512 g/mol. The number of nitrogens with one attached hydrogen (secondary N) is 1. The van der Waals surface area contributed by atoms with Crippen LogP contribution in [0.3, 0.4) is 0 Å². The van der Waals surface area contributed by atoms with Crippen molar-refractivity contribution in [1.29, 1.82) is 0 Å². The van der Waals surface area contributed by atoms with Gasteiger partial charge < -0.3 is 14.2 Å². The summed E-state index contributed by atoms with van der Waals surface area (Å²) in [5.74, 6) is 0.612. The highest BCUT2D eigenvalue weighted by molar-refractivity contribution is 7.89. The van der Waals surface area contributed by atoms with Crippen molar-refractivity contribution in [3.8, 4) is 17.1 Å². The number of carbonyl (C=O) groups excluding carboxylic acids is 1. The lowest BCUT2D eigenvalue weighted by atomic mass is 9.87. The van der Waals surface area contributed by atoms with Gasteiger partial charge in [0.05, 0.1) is 24.1 Å². The van der Waals surface area contributed by atoms with Gasteiger partial charge in [0, 0.05) is 18.7 Å². The number of nitrogens with zero attached hydrogens (tertiary/aromatic N) is 3. The SMILES string of the molecule is COc1ccc(S(=O)(=O)NCc2nc(-c3ccc(C(C)(C)C)cc3)no2)cc1C(=O)N1CCCCC1. The second-order valence-corrected chi connectivity index (χ2v) is 11.6. The largest absolute Gasteiger partial charge is 0.496 e. The zero-order valence-corrected chi connectivity index (χ0v) is 21.9. The first-order valence-corrected chi connectivity index (χ1v) is 13.5. The minimum atomic E-state index is -3.95. The van der Waals surface area contributed by atoms with E-state index in [0.29, 0.717) is 24.7 Å². The Bertz CT molecular complexity index is 1320. The number of hydrogen-bond donors (Lipinski definition) is 1. The molecule has 0 unspecified atom stereocenters. The molecule has 1 aliphatic heterocycles. The second kappa shape index (κ2) is 10.4. The molecule has 0 aliphatic carbocycles. The van der Waals surface area contributed by atoms with Gasteiger partial charge in [-0.25, -0.2) is 13.1 Å². The van der Waals surface area contributed by atoms with Crippen LogP contribution in [0.5, 0.6) is 5.75 Å². The van der Waals surface area contributed by atoms with Gasteiger partial charge in [-0.1, -0.05) is 50.2 Å². The third kappa shape index (κ3) is 5.76. The third-order valence-electron chi connectivity index (χ3n) is 6.25. The Labute approximate surface area is 211 Å². The maximum atomic E-state index is 13.0. The smallest absolute Gasteiger partial charge is 0.257 e. The van der Waals surface area contributed by atoms with E-state index in [1.807, 2.05) is 24.3 Å². The summed E-state index contributed by atoms with van der Waals surface area (Å²) in [7, 11) is -2.49. The van der Waals surface area contributed by atoms with Gasteiger partial charge in [0.2, 0.25) is 21.7 Å². The first-order valence-electron chi connectivity index (χ1n) is 12.0. The highest BCUT2D eigenvalue weighted by Crippen LogP contribution is 2.27. The van der Waals surface area contributed by atoms with E-state index < -0.39 is 10.0 Å². The quantitative estimate of drug-likeness (QED) is 0.506. The van der Waals surface area contributed by atoms with E-state index in [0.717, 1.165) is 24.8 Å². The van der Waals surface area contributed by atoms with Gasteiger partial charge in [-0.15, -0.1) is 0 Å². The van der Waals surface area contributed by atoms with E-state index in [2.05, 4.69) is 35.6 Å². The topological polar surface area (TPSA) is 115 Å². The molecule has 3 aromatic rings. The number of carbonyl (C=O) groups is 1. The number of methoxy groups -OCH3 is 1. The Morgan fingerprint density at radius 1 is 1.08 bits per heavy atom. The maximum absolute atomic E-state index is 13.0. The van der Waals surface area contributed by atoms with Crippen molar-refractivity contribution >= 4 is 15.9 Å². The predicted octanol–water partition coefficient (Wildman–Crippen LogP) is 4.15. The lowest BCUT2D eigenvalue weighted by molar-refractivity contribution is 0.0720. The van der Waals surface area contributed by atoms with Gasteiger partial charge >= 0.3 is 0 Å². The first kappa shape index (κ1) is 25.8. The summed E-state index contributed by atoms with van der Waals surface area (Å²) >= 11 is 0. The molecule has 1 fully saturated rings. The van der Waals surface area contributed by atoms with Crippen LogP contribution in [-0.4, -0.2) is 49.6 Å². The Balaban J connectivity index is 1.48. The number of ether oxygens (including phenoxy) is 1. The zero-order chi connectivity index (χ0) is 25.9. The van der Waals surface area contributed by atoms with E-state index in [9.17, 15) is 13.2 Å². The summed E-state index contributed by atoms with van der Waals surface area (Å²) in [6.07, 6.45) is 2.94. The molecule has 0 atom stereocenters. The molecule has 1 saturated heterocycles. The van der Waals surface area contributed by atoms with Gasteiger partial charge in [-0.05, 0) is 48.4 Å². The summed E-state index contributed by atoms with van der Waals surface area (Å²) < 4.78 is 39.1. The van der Waals surface area contributed by atoms with E-state index in [-0.39, 0.29) is 34.2 Å². The summed E-state index contributed by atoms with van der Waals surface area (Å²) in [6.45, 7) is 7.52. The van der Waals surface area contributed by atoms with Crippen molar-refractivity contribution in [2.45, 2.75) is 56.9 Å². The van der Waals surface area contributed by atoms with Crippen LogP contribution < -0.4 is 9.46 Å². The van der Waals surface area contributed by atoms with Gasteiger partial charge in [-0.2, -0.15) is 4.98 Å². The van der Waals surface area contributed by atoms with Gasteiger partial charge in [0.25, 0.3) is 5.91 Å². The fourth-order valence-corrected chi connectivity index (χ4v) is 5.09. The molecule has 10 heteroatoms. The summed E-state index contributed by atoms with van der Waals surface area (Å²) in [4.78, 5) is 19.1. The molecule has 2 aromatic carbocycles. The van der Waals surface area contributed by atoms with Crippen molar-refractivity contribution in [3.63, 3.8) is 0 Å². The van der Waals surface area contributed by atoms with Crippen LogP contribution in [0.1, 0.15) is 61.8 Å². The van der Waals surface area contributed by atoms with E-state index in [1.165, 1.54) is 30.9 Å². The van der Waals surface area contributed by atoms with Crippen molar-refractivity contribution in [3.05, 3.63) is 59.5 Å².